The Balaban J connectivity index is 1.86. The van der Waals surface area contributed by atoms with E-state index in [1.165, 1.54) is 31.4 Å². The molecule has 8 heteroatoms. The zero-order valence-corrected chi connectivity index (χ0v) is 16.5. The summed E-state index contributed by atoms with van der Waals surface area (Å²) in [6.07, 6.45) is -1.33. The van der Waals surface area contributed by atoms with Crippen molar-refractivity contribution >= 4 is 17.6 Å². The minimum absolute atomic E-state index is 0.224. The molecule has 0 saturated heterocycles. The largest absolute Gasteiger partial charge is 0.497 e. The number of alkyl halides is 2. The van der Waals surface area contributed by atoms with Crippen molar-refractivity contribution in [3.05, 3.63) is 90.0 Å². The van der Waals surface area contributed by atoms with E-state index in [0.717, 1.165) is 0 Å². The third kappa shape index (κ3) is 5.79. The zero-order valence-electron chi connectivity index (χ0n) is 16.5. The van der Waals surface area contributed by atoms with Gasteiger partial charge in [0.25, 0.3) is 5.91 Å². The Morgan fingerprint density at radius 1 is 0.903 bits per heavy atom. The van der Waals surface area contributed by atoms with Crippen molar-refractivity contribution in [2.45, 2.75) is 12.7 Å². The average Bonchev–Trinajstić information content (AvgIpc) is 2.78. The van der Waals surface area contributed by atoms with Crippen LogP contribution in [0.1, 0.15) is 22.0 Å². The second-order valence-electron chi connectivity index (χ2n) is 6.29. The number of rotatable bonds is 8. The molecule has 1 unspecified atom stereocenters. The summed E-state index contributed by atoms with van der Waals surface area (Å²) in [7, 11) is 1.49. The third-order valence-electron chi connectivity index (χ3n) is 4.23. The van der Waals surface area contributed by atoms with Crippen LogP contribution in [0.25, 0.3) is 0 Å². The molecule has 1 amide bonds. The van der Waals surface area contributed by atoms with Gasteiger partial charge >= 0.3 is 12.6 Å². The highest BCUT2D eigenvalue weighted by Gasteiger charge is 2.27. The molecule has 0 heterocycles. The zero-order chi connectivity index (χ0) is 22.2. The van der Waals surface area contributed by atoms with Crippen LogP contribution in [0.5, 0.6) is 11.5 Å². The van der Waals surface area contributed by atoms with Crippen molar-refractivity contribution in [3.63, 3.8) is 0 Å². The van der Waals surface area contributed by atoms with E-state index in [1.54, 1.807) is 54.6 Å². The summed E-state index contributed by atoms with van der Waals surface area (Å²) in [5, 5.41) is 2.67. The van der Waals surface area contributed by atoms with Gasteiger partial charge in [-0.2, -0.15) is 8.78 Å². The number of amides is 1. The lowest BCUT2D eigenvalue weighted by atomic mass is 10.1. The van der Waals surface area contributed by atoms with Crippen LogP contribution in [-0.4, -0.2) is 25.6 Å². The van der Waals surface area contributed by atoms with E-state index < -0.39 is 24.6 Å². The van der Waals surface area contributed by atoms with E-state index in [-0.39, 0.29) is 11.3 Å². The van der Waals surface area contributed by atoms with Crippen molar-refractivity contribution in [2.75, 3.05) is 12.4 Å². The molecule has 6 nitrogen and oxygen atoms in total. The van der Waals surface area contributed by atoms with Crippen LogP contribution in [-0.2, 0) is 9.53 Å². The van der Waals surface area contributed by atoms with Gasteiger partial charge in [-0.15, -0.1) is 0 Å². The molecule has 3 aromatic carbocycles. The lowest BCUT2D eigenvalue weighted by molar-refractivity contribution is -0.125. The van der Waals surface area contributed by atoms with Gasteiger partial charge in [-0.25, -0.2) is 4.79 Å². The molecule has 1 N–H and O–H groups in total. The topological polar surface area (TPSA) is 73.9 Å². The first-order valence-electron chi connectivity index (χ1n) is 9.22. The molecular formula is C23H19F2NO5. The van der Waals surface area contributed by atoms with Gasteiger partial charge in [0.1, 0.15) is 17.1 Å². The molecule has 0 saturated carbocycles. The monoisotopic (exact) mass is 427 g/mol. The predicted molar refractivity (Wildman–Crippen MR) is 109 cm³/mol. The molecule has 0 spiro atoms. The van der Waals surface area contributed by atoms with Crippen molar-refractivity contribution < 1.29 is 32.6 Å². The SMILES string of the molecule is COc1cccc(NC(=O)C(OC(=O)c2ccccc2OC(F)F)c2ccccc2)c1. The summed E-state index contributed by atoms with van der Waals surface area (Å²) >= 11 is 0. The maximum absolute atomic E-state index is 13.0. The molecule has 0 aliphatic rings. The molecule has 0 fully saturated rings. The fraction of sp³-hybridized carbons (Fsp3) is 0.130. The van der Waals surface area contributed by atoms with Gasteiger partial charge in [0, 0.05) is 17.3 Å². The molecule has 3 rings (SSSR count). The highest BCUT2D eigenvalue weighted by molar-refractivity contribution is 5.99. The van der Waals surface area contributed by atoms with Gasteiger partial charge < -0.3 is 19.5 Å². The fourth-order valence-corrected chi connectivity index (χ4v) is 2.81. The van der Waals surface area contributed by atoms with E-state index in [2.05, 4.69) is 10.1 Å². The number of carbonyl (C=O) groups is 2. The maximum Gasteiger partial charge on any atom is 0.387 e. The van der Waals surface area contributed by atoms with Crippen LogP contribution in [0.2, 0.25) is 0 Å². The molecule has 0 aromatic heterocycles. The molecule has 0 aliphatic carbocycles. The predicted octanol–water partition coefficient (Wildman–Crippen LogP) is 4.83. The minimum Gasteiger partial charge on any atom is -0.497 e. The first-order chi connectivity index (χ1) is 15.0. The summed E-state index contributed by atoms with van der Waals surface area (Å²) in [6, 6.07) is 20.4. The van der Waals surface area contributed by atoms with Crippen molar-refractivity contribution in [1.29, 1.82) is 0 Å². The Morgan fingerprint density at radius 2 is 1.61 bits per heavy atom. The van der Waals surface area contributed by atoms with Gasteiger partial charge in [-0.05, 0) is 24.3 Å². The molecule has 0 aliphatic heterocycles. The number of benzene rings is 3. The molecule has 0 radical (unpaired) electrons. The normalized spacial score (nSPS) is 11.5. The summed E-state index contributed by atoms with van der Waals surface area (Å²) < 4.78 is 40.3. The quantitative estimate of drug-likeness (QED) is 0.521. The van der Waals surface area contributed by atoms with Crippen LogP contribution < -0.4 is 14.8 Å². The Labute approximate surface area is 177 Å². The number of halogens is 2. The summed E-state index contributed by atoms with van der Waals surface area (Å²) in [4.78, 5) is 25.7. The standard InChI is InChI=1S/C23H19F2NO5/c1-29-17-11-7-10-16(14-17)26-21(27)20(15-8-3-2-4-9-15)31-22(28)18-12-5-6-13-19(18)30-23(24)25/h2-14,20,23H,1H3,(H,26,27). The molecule has 3 aromatic rings. The van der Waals surface area contributed by atoms with Gasteiger partial charge in [-0.1, -0.05) is 48.5 Å². The Morgan fingerprint density at radius 3 is 2.32 bits per heavy atom. The van der Waals surface area contributed by atoms with Gasteiger partial charge in [0.15, 0.2) is 0 Å². The van der Waals surface area contributed by atoms with E-state index in [0.29, 0.717) is 17.0 Å². The fourth-order valence-electron chi connectivity index (χ4n) is 2.81. The van der Waals surface area contributed by atoms with Crippen molar-refractivity contribution in [2.24, 2.45) is 0 Å². The summed E-state index contributed by atoms with van der Waals surface area (Å²) in [5.74, 6) is -1.42. The highest BCUT2D eigenvalue weighted by atomic mass is 19.3. The number of hydrogen-bond donors (Lipinski definition) is 1. The lowest BCUT2D eigenvalue weighted by Crippen LogP contribution is -2.26. The van der Waals surface area contributed by atoms with E-state index in [9.17, 15) is 18.4 Å². The van der Waals surface area contributed by atoms with Crippen molar-refractivity contribution in [3.8, 4) is 11.5 Å². The molecule has 0 bridgehead atoms. The summed E-state index contributed by atoms with van der Waals surface area (Å²) in [6.45, 7) is -3.12. The van der Waals surface area contributed by atoms with Gasteiger partial charge in [0.05, 0.1) is 7.11 Å². The third-order valence-corrected chi connectivity index (χ3v) is 4.23. The molecule has 31 heavy (non-hydrogen) atoms. The van der Waals surface area contributed by atoms with E-state index in [4.69, 9.17) is 9.47 Å². The number of ether oxygens (including phenoxy) is 3. The smallest absolute Gasteiger partial charge is 0.387 e. The number of carbonyl (C=O) groups excluding carboxylic acids is 2. The number of methoxy groups -OCH3 is 1. The number of nitrogens with one attached hydrogen (secondary N) is 1. The molecule has 160 valence electrons. The lowest BCUT2D eigenvalue weighted by Gasteiger charge is -2.19. The van der Waals surface area contributed by atoms with E-state index in [1.807, 2.05) is 0 Å². The van der Waals surface area contributed by atoms with Crippen LogP contribution in [0.4, 0.5) is 14.5 Å². The van der Waals surface area contributed by atoms with E-state index >= 15 is 0 Å². The number of esters is 1. The second kappa shape index (κ2) is 10.2. The van der Waals surface area contributed by atoms with Crippen LogP contribution in [0, 0.1) is 0 Å². The van der Waals surface area contributed by atoms with Crippen LogP contribution in [0.3, 0.4) is 0 Å². The first kappa shape index (κ1) is 21.8. The highest BCUT2D eigenvalue weighted by Crippen LogP contribution is 2.26. The van der Waals surface area contributed by atoms with Crippen molar-refractivity contribution in [1.82, 2.24) is 0 Å². The minimum atomic E-state index is -3.12. The molecule has 1 atom stereocenters. The van der Waals surface area contributed by atoms with Gasteiger partial charge in [-0.3, -0.25) is 4.79 Å². The summed E-state index contributed by atoms with van der Waals surface area (Å²) in [5.41, 5.74) is 0.615. The average molecular weight is 427 g/mol. The molecular weight excluding hydrogens is 408 g/mol. The second-order valence-corrected chi connectivity index (χ2v) is 6.29. The van der Waals surface area contributed by atoms with Crippen LogP contribution >= 0.6 is 0 Å². The van der Waals surface area contributed by atoms with Crippen LogP contribution in [0.15, 0.2) is 78.9 Å². The Kier molecular flexibility index (Phi) is 7.16. The maximum atomic E-state index is 13.0. The van der Waals surface area contributed by atoms with Gasteiger partial charge in [0.2, 0.25) is 6.10 Å². The first-order valence-corrected chi connectivity index (χ1v) is 9.22. The number of para-hydroxylation sites is 1. The number of anilines is 1. The number of hydrogen-bond acceptors (Lipinski definition) is 5. The Hall–Kier alpha value is -3.94. The Bertz CT molecular complexity index is 1040.